The first-order valence-corrected chi connectivity index (χ1v) is 10.4. The molecule has 0 aliphatic carbocycles. The zero-order valence-corrected chi connectivity index (χ0v) is 19.6. The number of alkyl carbamates (subject to hydrolysis) is 1. The number of benzene rings is 2. The van der Waals surface area contributed by atoms with Gasteiger partial charge >= 0.3 is 6.09 Å². The lowest BCUT2D eigenvalue weighted by atomic mass is 10.1. The summed E-state index contributed by atoms with van der Waals surface area (Å²) in [5.41, 5.74) is 1.44. The van der Waals surface area contributed by atoms with E-state index < -0.39 is 11.7 Å². The number of nitrogens with one attached hydrogen (secondary N) is 3. The normalized spacial score (nSPS) is 10.7. The lowest BCUT2D eigenvalue weighted by molar-refractivity contribution is -0.120. The zero-order chi connectivity index (χ0) is 24.4. The zero-order valence-electron chi connectivity index (χ0n) is 19.6. The number of carbonyl (C=O) groups excluding carboxylic acids is 3. The molecule has 0 unspecified atom stereocenters. The molecule has 0 bridgehead atoms. The van der Waals surface area contributed by atoms with E-state index in [1.807, 2.05) is 6.07 Å². The number of hydrogen-bond acceptors (Lipinski definition) is 6. The summed E-state index contributed by atoms with van der Waals surface area (Å²) in [5.74, 6) is 0.537. The van der Waals surface area contributed by atoms with Crippen molar-refractivity contribution in [1.29, 1.82) is 0 Å². The molecule has 3 amide bonds. The molecule has 33 heavy (non-hydrogen) atoms. The Morgan fingerprint density at radius 3 is 2.24 bits per heavy atom. The molecule has 2 rings (SSSR count). The topological polar surface area (TPSA) is 115 Å². The van der Waals surface area contributed by atoms with Crippen LogP contribution < -0.4 is 25.4 Å². The van der Waals surface area contributed by atoms with Crippen molar-refractivity contribution in [3.8, 4) is 11.5 Å². The summed E-state index contributed by atoms with van der Waals surface area (Å²) in [4.78, 5) is 36.3. The highest BCUT2D eigenvalue weighted by Crippen LogP contribution is 2.28. The molecule has 0 heterocycles. The lowest BCUT2D eigenvalue weighted by Crippen LogP contribution is -2.39. The number of hydrogen-bond donors (Lipinski definition) is 3. The Balaban J connectivity index is 1.91. The molecular weight excluding hydrogens is 426 g/mol. The van der Waals surface area contributed by atoms with Gasteiger partial charge in [-0.1, -0.05) is 24.3 Å². The minimum Gasteiger partial charge on any atom is -0.493 e. The van der Waals surface area contributed by atoms with Crippen molar-refractivity contribution in [3.63, 3.8) is 0 Å². The minimum absolute atomic E-state index is 0.140. The molecule has 0 aromatic heterocycles. The standard InChI is InChI=1S/C24H31N3O6/c1-24(2,3)33-23(30)26-15-22(29)25-14-17-8-6-7-9-18(17)27-21(28)13-16-10-11-19(31-4)20(12-16)32-5/h6-12H,13-15H2,1-5H3,(H,25,29)(H,26,30)(H,27,28). The van der Waals surface area contributed by atoms with E-state index in [9.17, 15) is 14.4 Å². The van der Waals surface area contributed by atoms with E-state index in [0.717, 1.165) is 11.1 Å². The van der Waals surface area contributed by atoms with Gasteiger partial charge in [-0.25, -0.2) is 4.79 Å². The fourth-order valence-electron chi connectivity index (χ4n) is 2.89. The van der Waals surface area contributed by atoms with Crippen LogP contribution in [0.15, 0.2) is 42.5 Å². The molecule has 2 aromatic carbocycles. The summed E-state index contributed by atoms with van der Waals surface area (Å²) in [5, 5.41) is 7.99. The van der Waals surface area contributed by atoms with Crippen molar-refractivity contribution >= 4 is 23.6 Å². The summed E-state index contributed by atoms with van der Waals surface area (Å²) >= 11 is 0. The van der Waals surface area contributed by atoms with Crippen LogP contribution in [0.3, 0.4) is 0 Å². The SMILES string of the molecule is COc1ccc(CC(=O)Nc2ccccc2CNC(=O)CNC(=O)OC(C)(C)C)cc1OC. The fraction of sp³-hybridized carbons (Fsp3) is 0.375. The van der Waals surface area contributed by atoms with Crippen molar-refractivity contribution in [2.24, 2.45) is 0 Å². The molecule has 0 aliphatic heterocycles. The first kappa shape index (κ1) is 25.5. The molecule has 178 valence electrons. The van der Waals surface area contributed by atoms with E-state index in [1.54, 1.807) is 64.3 Å². The average Bonchev–Trinajstić information content (AvgIpc) is 2.75. The maximum Gasteiger partial charge on any atom is 0.408 e. The van der Waals surface area contributed by atoms with Crippen LogP contribution in [0, 0.1) is 0 Å². The van der Waals surface area contributed by atoms with Gasteiger partial charge < -0.3 is 30.2 Å². The largest absolute Gasteiger partial charge is 0.493 e. The third kappa shape index (κ3) is 8.72. The van der Waals surface area contributed by atoms with Gasteiger partial charge in [0, 0.05) is 12.2 Å². The van der Waals surface area contributed by atoms with E-state index in [-0.39, 0.29) is 31.3 Å². The highest BCUT2D eigenvalue weighted by molar-refractivity contribution is 5.93. The van der Waals surface area contributed by atoms with Gasteiger partial charge in [0.05, 0.1) is 20.6 Å². The highest BCUT2D eigenvalue weighted by Gasteiger charge is 2.17. The Hall–Kier alpha value is -3.75. The summed E-state index contributed by atoms with van der Waals surface area (Å²) < 4.78 is 15.6. The molecule has 2 aromatic rings. The Morgan fingerprint density at radius 2 is 1.58 bits per heavy atom. The molecule has 0 radical (unpaired) electrons. The van der Waals surface area contributed by atoms with Crippen molar-refractivity contribution in [3.05, 3.63) is 53.6 Å². The van der Waals surface area contributed by atoms with Crippen LogP contribution in [0.5, 0.6) is 11.5 Å². The number of rotatable bonds is 9. The van der Waals surface area contributed by atoms with E-state index in [4.69, 9.17) is 14.2 Å². The third-order valence-corrected chi connectivity index (χ3v) is 4.37. The van der Waals surface area contributed by atoms with Gasteiger partial charge in [0.25, 0.3) is 0 Å². The van der Waals surface area contributed by atoms with Crippen LogP contribution in [-0.4, -0.2) is 44.3 Å². The number of methoxy groups -OCH3 is 2. The molecular formula is C24H31N3O6. The van der Waals surface area contributed by atoms with E-state index in [2.05, 4.69) is 16.0 Å². The maximum atomic E-state index is 12.6. The predicted octanol–water partition coefficient (Wildman–Crippen LogP) is 3.03. The second-order valence-corrected chi connectivity index (χ2v) is 8.20. The van der Waals surface area contributed by atoms with Gasteiger partial charge in [-0.2, -0.15) is 0 Å². The number of carbonyl (C=O) groups is 3. The molecule has 9 nitrogen and oxygen atoms in total. The highest BCUT2D eigenvalue weighted by atomic mass is 16.6. The van der Waals surface area contributed by atoms with Gasteiger partial charge in [0.15, 0.2) is 11.5 Å². The second kappa shape index (κ2) is 11.8. The molecule has 3 N–H and O–H groups in total. The molecule has 0 saturated heterocycles. The van der Waals surface area contributed by atoms with Crippen molar-refractivity contribution in [2.45, 2.75) is 39.3 Å². The quantitative estimate of drug-likeness (QED) is 0.533. The summed E-state index contributed by atoms with van der Waals surface area (Å²) in [6.07, 6.45) is -0.526. The van der Waals surface area contributed by atoms with E-state index in [1.165, 1.54) is 7.11 Å². The molecule has 0 fully saturated rings. The van der Waals surface area contributed by atoms with Crippen LogP contribution >= 0.6 is 0 Å². The first-order chi connectivity index (χ1) is 15.6. The predicted molar refractivity (Wildman–Crippen MR) is 124 cm³/mol. The number of para-hydroxylation sites is 1. The summed E-state index contributed by atoms with van der Waals surface area (Å²) in [6, 6.07) is 12.5. The number of ether oxygens (including phenoxy) is 3. The van der Waals surface area contributed by atoms with Gasteiger partial charge in [0.2, 0.25) is 11.8 Å². The second-order valence-electron chi connectivity index (χ2n) is 8.20. The number of amides is 3. The van der Waals surface area contributed by atoms with Crippen LogP contribution in [0.25, 0.3) is 0 Å². The maximum absolute atomic E-state index is 12.6. The van der Waals surface area contributed by atoms with E-state index in [0.29, 0.717) is 17.2 Å². The van der Waals surface area contributed by atoms with Crippen LogP contribution in [0.4, 0.5) is 10.5 Å². The molecule has 0 spiro atoms. The van der Waals surface area contributed by atoms with Crippen LogP contribution in [0.2, 0.25) is 0 Å². The third-order valence-electron chi connectivity index (χ3n) is 4.37. The minimum atomic E-state index is -0.666. The molecule has 9 heteroatoms. The van der Waals surface area contributed by atoms with Gasteiger partial charge in [-0.3, -0.25) is 9.59 Å². The Bertz CT molecular complexity index is 984. The van der Waals surface area contributed by atoms with Crippen molar-refractivity contribution in [2.75, 3.05) is 26.1 Å². The Labute approximate surface area is 193 Å². The lowest BCUT2D eigenvalue weighted by Gasteiger charge is -2.19. The molecule has 0 saturated carbocycles. The summed E-state index contributed by atoms with van der Waals surface area (Å²) in [7, 11) is 3.09. The molecule has 0 atom stereocenters. The number of anilines is 1. The monoisotopic (exact) mass is 457 g/mol. The van der Waals surface area contributed by atoms with Crippen molar-refractivity contribution < 1.29 is 28.6 Å². The van der Waals surface area contributed by atoms with Gasteiger partial charge in [-0.05, 0) is 50.1 Å². The van der Waals surface area contributed by atoms with Gasteiger partial charge in [0.1, 0.15) is 12.1 Å². The molecule has 0 aliphatic rings. The fourth-order valence-corrected chi connectivity index (χ4v) is 2.89. The van der Waals surface area contributed by atoms with Crippen molar-refractivity contribution in [1.82, 2.24) is 10.6 Å². The average molecular weight is 458 g/mol. The first-order valence-electron chi connectivity index (χ1n) is 10.4. The Kier molecular flexibility index (Phi) is 9.08. The van der Waals surface area contributed by atoms with Crippen LogP contribution in [-0.2, 0) is 27.3 Å². The Morgan fingerprint density at radius 1 is 0.879 bits per heavy atom. The van der Waals surface area contributed by atoms with Crippen LogP contribution in [0.1, 0.15) is 31.9 Å². The smallest absolute Gasteiger partial charge is 0.408 e. The van der Waals surface area contributed by atoms with Gasteiger partial charge in [-0.15, -0.1) is 0 Å². The van der Waals surface area contributed by atoms with E-state index >= 15 is 0 Å². The summed E-state index contributed by atoms with van der Waals surface area (Å²) in [6.45, 7) is 5.18.